The zero-order valence-corrected chi connectivity index (χ0v) is 20.7. The maximum absolute atomic E-state index is 5.57. The fourth-order valence-electron chi connectivity index (χ4n) is 2.99. The standard InChI is InChI=1S/C25H52O6/c1-3-5-7-9-11-13-15-27-17-19-29-21-23-31-25-24-30-22-20-28-18-16-26-14-12-10-8-6-4-2/h3-25H2,1-2H3. The van der Waals surface area contributed by atoms with Crippen LogP contribution in [0, 0.1) is 0 Å². The number of hydrogen-bond donors (Lipinski definition) is 0. The summed E-state index contributed by atoms with van der Waals surface area (Å²) in [7, 11) is 0. The molecule has 188 valence electrons. The average molecular weight is 449 g/mol. The van der Waals surface area contributed by atoms with Crippen molar-refractivity contribution in [2.75, 3.05) is 79.3 Å². The molecule has 0 aliphatic heterocycles. The third kappa shape index (κ3) is 29.8. The van der Waals surface area contributed by atoms with Gasteiger partial charge in [0.1, 0.15) is 0 Å². The second-order valence-electron chi connectivity index (χ2n) is 7.86. The summed E-state index contributed by atoms with van der Waals surface area (Å²) in [5.74, 6) is 0. The van der Waals surface area contributed by atoms with Crippen molar-refractivity contribution in [1.82, 2.24) is 0 Å². The van der Waals surface area contributed by atoms with Crippen LogP contribution in [-0.4, -0.2) is 79.3 Å². The first kappa shape index (κ1) is 30.8. The Morgan fingerprint density at radius 1 is 0.258 bits per heavy atom. The van der Waals surface area contributed by atoms with E-state index in [1.165, 1.54) is 57.8 Å². The minimum absolute atomic E-state index is 0.582. The Morgan fingerprint density at radius 2 is 0.484 bits per heavy atom. The second kappa shape index (κ2) is 29.8. The van der Waals surface area contributed by atoms with Crippen molar-refractivity contribution in [3.8, 4) is 0 Å². The van der Waals surface area contributed by atoms with Gasteiger partial charge in [-0.25, -0.2) is 0 Å². The number of ether oxygens (including phenoxy) is 6. The first-order valence-electron chi connectivity index (χ1n) is 12.9. The minimum Gasteiger partial charge on any atom is -0.379 e. The Balaban J connectivity index is 2.98. The van der Waals surface area contributed by atoms with Crippen LogP contribution in [0.5, 0.6) is 0 Å². The van der Waals surface area contributed by atoms with Gasteiger partial charge in [-0.05, 0) is 12.8 Å². The highest BCUT2D eigenvalue weighted by atomic mass is 16.6. The van der Waals surface area contributed by atoms with Gasteiger partial charge in [0.25, 0.3) is 0 Å². The largest absolute Gasteiger partial charge is 0.379 e. The van der Waals surface area contributed by atoms with Gasteiger partial charge in [-0.15, -0.1) is 0 Å². The molecule has 0 aromatic rings. The zero-order chi connectivity index (χ0) is 22.5. The Kier molecular flexibility index (Phi) is 29.5. The van der Waals surface area contributed by atoms with Crippen molar-refractivity contribution in [3.05, 3.63) is 0 Å². The van der Waals surface area contributed by atoms with Crippen LogP contribution in [0.2, 0.25) is 0 Å². The molecule has 0 aromatic carbocycles. The van der Waals surface area contributed by atoms with Crippen molar-refractivity contribution in [3.63, 3.8) is 0 Å². The Hall–Kier alpha value is -0.240. The molecule has 0 aliphatic carbocycles. The van der Waals surface area contributed by atoms with Crippen LogP contribution >= 0.6 is 0 Å². The fourth-order valence-corrected chi connectivity index (χ4v) is 2.99. The lowest BCUT2D eigenvalue weighted by molar-refractivity contribution is -0.0169. The molecule has 0 unspecified atom stereocenters. The van der Waals surface area contributed by atoms with Gasteiger partial charge >= 0.3 is 0 Å². The van der Waals surface area contributed by atoms with Gasteiger partial charge in [-0.1, -0.05) is 71.6 Å². The maximum Gasteiger partial charge on any atom is 0.0701 e. The molecule has 6 nitrogen and oxygen atoms in total. The van der Waals surface area contributed by atoms with E-state index >= 15 is 0 Å². The molecule has 0 rings (SSSR count). The summed E-state index contributed by atoms with van der Waals surface area (Å²) >= 11 is 0. The molecular formula is C25H52O6. The van der Waals surface area contributed by atoms with Gasteiger partial charge in [0.2, 0.25) is 0 Å². The molecule has 6 heteroatoms. The molecule has 31 heavy (non-hydrogen) atoms. The van der Waals surface area contributed by atoms with E-state index in [1.807, 2.05) is 0 Å². The molecule has 0 atom stereocenters. The number of hydrogen-bond acceptors (Lipinski definition) is 6. The van der Waals surface area contributed by atoms with Crippen LogP contribution in [-0.2, 0) is 28.4 Å². The van der Waals surface area contributed by atoms with E-state index in [2.05, 4.69) is 13.8 Å². The first-order chi connectivity index (χ1) is 15.4. The van der Waals surface area contributed by atoms with Crippen LogP contribution in [0.1, 0.15) is 84.5 Å². The molecule has 0 saturated heterocycles. The molecule has 0 fully saturated rings. The molecule has 0 bridgehead atoms. The van der Waals surface area contributed by atoms with E-state index in [4.69, 9.17) is 28.4 Å². The maximum atomic E-state index is 5.57. The molecule has 0 aromatic heterocycles. The van der Waals surface area contributed by atoms with Gasteiger partial charge in [-0.3, -0.25) is 0 Å². The lowest BCUT2D eigenvalue weighted by Gasteiger charge is -2.08. The third-order valence-corrected chi connectivity index (χ3v) is 4.89. The lowest BCUT2D eigenvalue weighted by Crippen LogP contribution is -2.14. The summed E-state index contributed by atoms with van der Waals surface area (Å²) in [5.41, 5.74) is 0. The van der Waals surface area contributed by atoms with E-state index in [0.717, 1.165) is 26.1 Å². The van der Waals surface area contributed by atoms with Crippen LogP contribution in [0.15, 0.2) is 0 Å². The molecule has 0 N–H and O–H groups in total. The summed E-state index contributed by atoms with van der Waals surface area (Å²) in [6.45, 7) is 12.3. The second-order valence-corrected chi connectivity index (χ2v) is 7.86. The Morgan fingerprint density at radius 3 is 0.774 bits per heavy atom. The topological polar surface area (TPSA) is 55.4 Å². The van der Waals surface area contributed by atoms with Crippen LogP contribution in [0.4, 0.5) is 0 Å². The highest BCUT2D eigenvalue weighted by Crippen LogP contribution is 2.04. The van der Waals surface area contributed by atoms with Crippen molar-refractivity contribution < 1.29 is 28.4 Å². The van der Waals surface area contributed by atoms with E-state index < -0.39 is 0 Å². The Bertz CT molecular complexity index is 276. The van der Waals surface area contributed by atoms with Gasteiger partial charge in [0, 0.05) is 13.2 Å². The molecule has 0 amide bonds. The summed E-state index contributed by atoms with van der Waals surface area (Å²) in [4.78, 5) is 0. The molecule has 0 spiro atoms. The third-order valence-electron chi connectivity index (χ3n) is 4.89. The monoisotopic (exact) mass is 448 g/mol. The fraction of sp³-hybridized carbons (Fsp3) is 1.00. The zero-order valence-electron chi connectivity index (χ0n) is 20.7. The first-order valence-corrected chi connectivity index (χ1v) is 12.9. The van der Waals surface area contributed by atoms with Crippen LogP contribution < -0.4 is 0 Å². The van der Waals surface area contributed by atoms with E-state index in [9.17, 15) is 0 Å². The molecule has 0 radical (unpaired) electrons. The van der Waals surface area contributed by atoms with Gasteiger partial charge < -0.3 is 28.4 Å². The summed E-state index contributed by atoms with van der Waals surface area (Å²) in [6.07, 6.45) is 14.1. The number of rotatable bonds is 28. The van der Waals surface area contributed by atoms with E-state index in [1.54, 1.807) is 0 Å². The van der Waals surface area contributed by atoms with Gasteiger partial charge in [0.05, 0.1) is 66.1 Å². The molecule has 0 heterocycles. The number of unbranched alkanes of at least 4 members (excludes halogenated alkanes) is 9. The highest BCUT2D eigenvalue weighted by molar-refractivity contribution is 4.44. The Labute approximate surface area is 192 Å². The smallest absolute Gasteiger partial charge is 0.0701 e. The van der Waals surface area contributed by atoms with E-state index in [-0.39, 0.29) is 0 Å². The van der Waals surface area contributed by atoms with Crippen molar-refractivity contribution >= 4 is 0 Å². The van der Waals surface area contributed by atoms with E-state index in [0.29, 0.717) is 66.1 Å². The molecule has 0 aliphatic rings. The molecular weight excluding hydrogens is 396 g/mol. The van der Waals surface area contributed by atoms with Crippen molar-refractivity contribution in [2.24, 2.45) is 0 Å². The summed E-state index contributed by atoms with van der Waals surface area (Å²) in [6, 6.07) is 0. The van der Waals surface area contributed by atoms with Crippen molar-refractivity contribution in [2.45, 2.75) is 84.5 Å². The normalized spacial score (nSPS) is 11.4. The SMILES string of the molecule is CCCCCCCCOCCOCCOCCOCCOCCOCCCCCCC. The molecule has 0 saturated carbocycles. The average Bonchev–Trinajstić information content (AvgIpc) is 2.78. The predicted molar refractivity (Wildman–Crippen MR) is 127 cm³/mol. The highest BCUT2D eigenvalue weighted by Gasteiger charge is 1.95. The summed E-state index contributed by atoms with van der Waals surface area (Å²) < 4.78 is 33.1. The minimum atomic E-state index is 0.582. The van der Waals surface area contributed by atoms with Crippen LogP contribution in [0.25, 0.3) is 0 Å². The van der Waals surface area contributed by atoms with Crippen molar-refractivity contribution in [1.29, 1.82) is 0 Å². The van der Waals surface area contributed by atoms with Crippen LogP contribution in [0.3, 0.4) is 0 Å². The quantitative estimate of drug-likeness (QED) is 0.149. The lowest BCUT2D eigenvalue weighted by atomic mass is 10.1. The summed E-state index contributed by atoms with van der Waals surface area (Å²) in [5, 5.41) is 0. The van der Waals surface area contributed by atoms with Gasteiger partial charge in [0.15, 0.2) is 0 Å². The predicted octanol–water partition coefficient (Wildman–Crippen LogP) is 5.42. The van der Waals surface area contributed by atoms with Gasteiger partial charge in [-0.2, -0.15) is 0 Å².